The highest BCUT2D eigenvalue weighted by atomic mass is 127. The molecule has 1 aromatic rings. The predicted octanol–water partition coefficient (Wildman–Crippen LogP) is 2.54. The van der Waals surface area contributed by atoms with Crippen LogP contribution in [0.15, 0.2) is 6.07 Å². The first-order valence-corrected chi connectivity index (χ1v) is 4.72. The van der Waals surface area contributed by atoms with E-state index in [9.17, 15) is 18.9 Å². The van der Waals surface area contributed by atoms with Gasteiger partial charge in [0.05, 0.1) is 13.2 Å². The lowest BCUT2D eigenvalue weighted by Gasteiger charge is -2.05. The molecule has 82 valence electrons. The van der Waals surface area contributed by atoms with Gasteiger partial charge in [-0.3, -0.25) is 0 Å². The fourth-order valence-corrected chi connectivity index (χ4v) is 1.68. The van der Waals surface area contributed by atoms with Gasteiger partial charge in [0.1, 0.15) is 5.56 Å². The number of nitrogens with zero attached hydrogens (tertiary/aromatic N) is 2. The monoisotopic (exact) mass is 330 g/mol. The summed E-state index contributed by atoms with van der Waals surface area (Å²) in [7, 11) is 1.13. The summed E-state index contributed by atoms with van der Waals surface area (Å²) >= 11 is 1.58. The van der Waals surface area contributed by atoms with E-state index in [0.717, 1.165) is 13.2 Å². The number of rotatable bonds is 3. The van der Waals surface area contributed by atoms with Crippen molar-refractivity contribution in [3.05, 3.63) is 25.3 Å². The number of methoxy groups -OCH3 is 1. The molecule has 8 heteroatoms. The molecule has 5 nitrogen and oxygen atoms in total. The van der Waals surface area contributed by atoms with Gasteiger partial charge >= 0.3 is 11.7 Å². The normalized spacial score (nSPS) is 10.5. The Bertz CT molecular complexity index is 400. The highest BCUT2D eigenvalue weighted by Crippen LogP contribution is 2.33. The zero-order valence-corrected chi connectivity index (χ0v) is 9.57. The average Bonchev–Trinajstić information content (AvgIpc) is 2.15. The van der Waals surface area contributed by atoms with Crippen molar-refractivity contribution in [3.63, 3.8) is 0 Å². The Morgan fingerprint density at radius 1 is 1.67 bits per heavy atom. The second kappa shape index (κ2) is 4.64. The number of pyridine rings is 1. The molecular weight excluding hydrogens is 325 g/mol. The van der Waals surface area contributed by atoms with E-state index in [2.05, 4.69) is 9.72 Å². The molecule has 0 unspecified atom stereocenters. The van der Waals surface area contributed by atoms with Crippen LogP contribution in [-0.2, 0) is 0 Å². The fraction of sp³-hybridized carbons (Fsp3) is 0.286. The topological polar surface area (TPSA) is 65.3 Å². The Balaban J connectivity index is 3.37. The van der Waals surface area contributed by atoms with Crippen LogP contribution in [0.25, 0.3) is 0 Å². The smallest absolute Gasteiger partial charge is 0.368 e. The largest absolute Gasteiger partial charge is 0.462 e. The Morgan fingerprint density at radius 3 is 2.67 bits per heavy atom. The fourth-order valence-electron chi connectivity index (χ4n) is 0.936. The summed E-state index contributed by atoms with van der Waals surface area (Å²) in [5, 5.41) is 10.4. The van der Waals surface area contributed by atoms with Crippen molar-refractivity contribution in [1.82, 2.24) is 4.98 Å². The van der Waals surface area contributed by atoms with Gasteiger partial charge in [0.25, 0.3) is 6.43 Å². The van der Waals surface area contributed by atoms with Crippen molar-refractivity contribution in [2.24, 2.45) is 0 Å². The lowest BCUT2D eigenvalue weighted by Crippen LogP contribution is -2.02. The van der Waals surface area contributed by atoms with Crippen LogP contribution in [0.5, 0.6) is 5.88 Å². The van der Waals surface area contributed by atoms with E-state index >= 15 is 0 Å². The first-order valence-electron chi connectivity index (χ1n) is 3.64. The van der Waals surface area contributed by atoms with E-state index in [4.69, 9.17) is 0 Å². The van der Waals surface area contributed by atoms with Gasteiger partial charge in [0.2, 0.25) is 0 Å². The van der Waals surface area contributed by atoms with Crippen molar-refractivity contribution >= 4 is 28.4 Å². The molecule has 1 aromatic heterocycles. The average molecular weight is 330 g/mol. The molecule has 0 bridgehead atoms. The Labute approximate surface area is 96.7 Å². The van der Waals surface area contributed by atoms with Gasteiger partial charge in [-0.25, -0.2) is 8.78 Å². The van der Waals surface area contributed by atoms with Gasteiger partial charge in [0, 0.05) is 8.55 Å². The number of hydrogen-bond donors (Lipinski definition) is 0. The summed E-state index contributed by atoms with van der Waals surface area (Å²) in [5.74, 6) is -0.927. The molecule has 15 heavy (non-hydrogen) atoms. The van der Waals surface area contributed by atoms with Crippen LogP contribution in [0.2, 0.25) is 0 Å². The van der Waals surface area contributed by atoms with Gasteiger partial charge in [-0.2, -0.15) is 0 Å². The second-order valence-electron chi connectivity index (χ2n) is 2.44. The third kappa shape index (κ3) is 2.49. The summed E-state index contributed by atoms with van der Waals surface area (Å²) in [6, 6.07) is 0.977. The molecule has 0 radical (unpaired) electrons. The third-order valence-electron chi connectivity index (χ3n) is 1.56. The SMILES string of the molecule is COc1nc([N+](=O)[O-])cc(I)c1C(F)F. The van der Waals surface area contributed by atoms with Crippen molar-refractivity contribution in [2.45, 2.75) is 6.43 Å². The molecule has 1 heterocycles. The van der Waals surface area contributed by atoms with Gasteiger partial charge in [-0.1, -0.05) is 0 Å². The summed E-state index contributed by atoms with van der Waals surface area (Å²) in [4.78, 5) is 13.0. The molecule has 0 aliphatic heterocycles. The second-order valence-corrected chi connectivity index (χ2v) is 3.61. The lowest BCUT2D eigenvalue weighted by atomic mass is 10.3. The molecule has 0 N–H and O–H groups in total. The summed E-state index contributed by atoms with van der Waals surface area (Å²) in [6.45, 7) is 0. The van der Waals surface area contributed by atoms with E-state index in [0.29, 0.717) is 0 Å². The van der Waals surface area contributed by atoms with E-state index in [1.165, 1.54) is 0 Å². The molecule has 0 saturated heterocycles. The number of nitro groups is 1. The maximum atomic E-state index is 12.5. The molecule has 0 aliphatic rings. The first kappa shape index (κ1) is 12.0. The quantitative estimate of drug-likeness (QED) is 0.485. The molecule has 0 saturated carbocycles. The molecule has 0 aromatic carbocycles. The minimum Gasteiger partial charge on any atom is -0.462 e. The van der Waals surface area contributed by atoms with Gasteiger partial charge < -0.3 is 14.9 Å². The Morgan fingerprint density at radius 2 is 2.27 bits per heavy atom. The van der Waals surface area contributed by atoms with E-state index in [-0.39, 0.29) is 3.57 Å². The van der Waals surface area contributed by atoms with Gasteiger partial charge in [-0.15, -0.1) is 0 Å². The maximum absolute atomic E-state index is 12.5. The van der Waals surface area contributed by atoms with Crippen molar-refractivity contribution in [2.75, 3.05) is 7.11 Å². The lowest BCUT2D eigenvalue weighted by molar-refractivity contribution is -0.389. The van der Waals surface area contributed by atoms with Crippen molar-refractivity contribution in [1.29, 1.82) is 0 Å². The van der Waals surface area contributed by atoms with Crippen LogP contribution in [0.4, 0.5) is 14.6 Å². The highest BCUT2D eigenvalue weighted by molar-refractivity contribution is 14.1. The molecule has 0 spiro atoms. The molecule has 0 aliphatic carbocycles. The molecule has 1 rings (SSSR count). The van der Waals surface area contributed by atoms with Crippen LogP contribution in [0, 0.1) is 13.7 Å². The Hall–Kier alpha value is -1.06. The van der Waals surface area contributed by atoms with Crippen LogP contribution in [0.3, 0.4) is 0 Å². The van der Waals surface area contributed by atoms with Crippen LogP contribution >= 0.6 is 22.6 Å². The van der Waals surface area contributed by atoms with Crippen LogP contribution in [-0.4, -0.2) is 17.0 Å². The minimum absolute atomic E-state index is 0.0566. The summed E-state index contributed by atoms with van der Waals surface area (Å²) < 4.78 is 29.7. The van der Waals surface area contributed by atoms with E-state index in [1.807, 2.05) is 0 Å². The highest BCUT2D eigenvalue weighted by Gasteiger charge is 2.26. The van der Waals surface area contributed by atoms with Gasteiger partial charge in [-0.05, 0) is 27.5 Å². The maximum Gasteiger partial charge on any atom is 0.368 e. The number of aromatic nitrogens is 1. The number of hydrogen-bond acceptors (Lipinski definition) is 4. The summed E-state index contributed by atoms with van der Waals surface area (Å²) in [5.41, 5.74) is -0.427. The number of alkyl halides is 2. The molecule has 0 atom stereocenters. The zero-order valence-electron chi connectivity index (χ0n) is 7.41. The van der Waals surface area contributed by atoms with Gasteiger partial charge in [0.15, 0.2) is 0 Å². The predicted molar refractivity (Wildman–Crippen MR) is 55.1 cm³/mol. The number of ether oxygens (including phenoxy) is 1. The summed E-state index contributed by atoms with van der Waals surface area (Å²) in [6.07, 6.45) is -2.78. The molecular formula is C7H5F2IN2O3. The molecule has 0 amide bonds. The van der Waals surface area contributed by atoms with Crippen LogP contribution < -0.4 is 4.74 Å². The first-order chi connectivity index (χ1) is 6.97. The Kier molecular flexibility index (Phi) is 3.72. The van der Waals surface area contributed by atoms with E-state index in [1.54, 1.807) is 22.6 Å². The third-order valence-corrected chi connectivity index (χ3v) is 2.45. The zero-order chi connectivity index (χ0) is 11.6. The van der Waals surface area contributed by atoms with Crippen molar-refractivity contribution < 1.29 is 18.4 Å². The van der Waals surface area contributed by atoms with E-state index < -0.39 is 28.6 Å². The van der Waals surface area contributed by atoms with Crippen molar-refractivity contribution in [3.8, 4) is 5.88 Å². The standard InChI is InChI=1S/C7H5F2IN2O3/c1-15-7-5(6(8)9)3(10)2-4(11-7)12(13)14/h2,6H,1H3. The number of halogens is 3. The molecule has 0 fully saturated rings. The minimum atomic E-state index is -2.78. The van der Waals surface area contributed by atoms with Crippen LogP contribution in [0.1, 0.15) is 12.0 Å².